The highest BCUT2D eigenvalue weighted by atomic mass is 16.2. The third-order valence-corrected chi connectivity index (χ3v) is 2.38. The summed E-state index contributed by atoms with van der Waals surface area (Å²) < 4.78 is 0. The molecule has 0 bridgehead atoms. The first-order chi connectivity index (χ1) is 7.74. The summed E-state index contributed by atoms with van der Waals surface area (Å²) in [4.78, 5) is 17.5. The summed E-state index contributed by atoms with van der Waals surface area (Å²) in [6, 6.07) is 5.83. The van der Waals surface area contributed by atoms with E-state index in [-0.39, 0.29) is 5.91 Å². The van der Waals surface area contributed by atoms with Gasteiger partial charge in [0, 0.05) is 31.9 Å². The van der Waals surface area contributed by atoms with Crippen LogP contribution in [0.1, 0.15) is 12.6 Å². The van der Waals surface area contributed by atoms with Crippen LogP contribution in [0.4, 0.5) is 0 Å². The summed E-state index contributed by atoms with van der Waals surface area (Å²) in [5.74, 6) is 0.123. The van der Waals surface area contributed by atoms with Gasteiger partial charge in [-0.3, -0.25) is 9.78 Å². The fourth-order valence-electron chi connectivity index (χ4n) is 1.32. The summed E-state index contributed by atoms with van der Waals surface area (Å²) in [5.41, 5.74) is 1.02. The molecule has 0 radical (unpaired) electrons. The third kappa shape index (κ3) is 4.40. The lowest BCUT2D eigenvalue weighted by Gasteiger charge is -2.16. The van der Waals surface area contributed by atoms with Crippen molar-refractivity contribution >= 4 is 5.91 Å². The number of hydrogen-bond donors (Lipinski definition) is 1. The summed E-state index contributed by atoms with van der Waals surface area (Å²) in [6.45, 7) is 3.93. The van der Waals surface area contributed by atoms with Gasteiger partial charge in [-0.05, 0) is 18.7 Å². The lowest BCUT2D eigenvalue weighted by Crippen LogP contribution is -2.36. The minimum Gasteiger partial charge on any atom is -0.344 e. The smallest absolute Gasteiger partial charge is 0.236 e. The first-order valence-electron chi connectivity index (χ1n) is 5.58. The average Bonchev–Trinajstić information content (AvgIpc) is 2.34. The molecule has 88 valence electrons. The van der Waals surface area contributed by atoms with Gasteiger partial charge in [0.2, 0.25) is 5.91 Å². The Morgan fingerprint density at radius 2 is 2.31 bits per heavy atom. The number of carbonyl (C=O) groups excluding carboxylic acids is 1. The van der Waals surface area contributed by atoms with E-state index in [1.165, 1.54) is 0 Å². The van der Waals surface area contributed by atoms with Crippen molar-refractivity contribution in [3.63, 3.8) is 0 Å². The van der Waals surface area contributed by atoms with Gasteiger partial charge in [0.05, 0.1) is 6.54 Å². The van der Waals surface area contributed by atoms with Gasteiger partial charge >= 0.3 is 0 Å². The molecule has 4 heteroatoms. The summed E-state index contributed by atoms with van der Waals surface area (Å²) >= 11 is 0. The van der Waals surface area contributed by atoms with Crippen LogP contribution in [0.2, 0.25) is 0 Å². The van der Waals surface area contributed by atoms with Crippen LogP contribution in [0.15, 0.2) is 24.4 Å². The number of likely N-dealkylation sites (N-methyl/N-ethyl adjacent to an activating group) is 2. The predicted molar refractivity (Wildman–Crippen MR) is 64.1 cm³/mol. The molecule has 1 aromatic rings. The maximum atomic E-state index is 11.6. The monoisotopic (exact) mass is 221 g/mol. The molecule has 0 saturated heterocycles. The van der Waals surface area contributed by atoms with Crippen molar-refractivity contribution in [1.29, 1.82) is 0 Å². The molecule has 0 atom stereocenters. The molecule has 0 spiro atoms. The second-order valence-electron chi connectivity index (χ2n) is 3.67. The molecule has 0 aliphatic heterocycles. The Kier molecular flexibility index (Phi) is 5.50. The molecule has 0 unspecified atom stereocenters. The Labute approximate surface area is 96.7 Å². The highest BCUT2D eigenvalue weighted by Gasteiger charge is 2.07. The zero-order valence-electron chi connectivity index (χ0n) is 9.94. The third-order valence-electron chi connectivity index (χ3n) is 2.38. The number of rotatable bonds is 6. The Bertz CT molecular complexity index is 313. The van der Waals surface area contributed by atoms with Crippen molar-refractivity contribution in [2.45, 2.75) is 13.3 Å². The zero-order chi connectivity index (χ0) is 11.8. The van der Waals surface area contributed by atoms with E-state index in [2.05, 4.69) is 10.3 Å². The molecule has 1 amide bonds. The van der Waals surface area contributed by atoms with Crippen molar-refractivity contribution < 1.29 is 4.79 Å². The molecule has 16 heavy (non-hydrogen) atoms. The largest absolute Gasteiger partial charge is 0.344 e. The van der Waals surface area contributed by atoms with Crippen LogP contribution >= 0.6 is 0 Å². The Morgan fingerprint density at radius 3 is 2.94 bits per heavy atom. The van der Waals surface area contributed by atoms with Crippen molar-refractivity contribution in [2.24, 2.45) is 0 Å². The summed E-state index contributed by atoms with van der Waals surface area (Å²) in [7, 11) is 1.82. The van der Waals surface area contributed by atoms with E-state index in [0.717, 1.165) is 18.7 Å². The van der Waals surface area contributed by atoms with Gasteiger partial charge in [0.1, 0.15) is 0 Å². The van der Waals surface area contributed by atoms with Crippen molar-refractivity contribution in [3.05, 3.63) is 30.1 Å². The van der Waals surface area contributed by atoms with Gasteiger partial charge < -0.3 is 10.2 Å². The molecule has 0 fully saturated rings. The predicted octanol–water partition coefficient (Wildman–Crippen LogP) is 0.692. The van der Waals surface area contributed by atoms with Gasteiger partial charge in [0.15, 0.2) is 0 Å². The molecule has 0 aliphatic rings. The van der Waals surface area contributed by atoms with Gasteiger partial charge in [0.25, 0.3) is 0 Å². The zero-order valence-corrected chi connectivity index (χ0v) is 9.94. The van der Waals surface area contributed by atoms with E-state index >= 15 is 0 Å². The number of nitrogens with one attached hydrogen (secondary N) is 1. The topological polar surface area (TPSA) is 45.2 Å². The molecule has 0 saturated carbocycles. The second kappa shape index (κ2) is 6.95. The van der Waals surface area contributed by atoms with E-state index in [4.69, 9.17) is 0 Å². The highest BCUT2D eigenvalue weighted by molar-refractivity contribution is 5.77. The van der Waals surface area contributed by atoms with Crippen LogP contribution < -0.4 is 5.32 Å². The summed E-state index contributed by atoms with van der Waals surface area (Å²) in [6.07, 6.45) is 2.57. The first-order valence-corrected chi connectivity index (χ1v) is 5.58. The van der Waals surface area contributed by atoms with Crippen molar-refractivity contribution in [3.8, 4) is 0 Å². The highest BCUT2D eigenvalue weighted by Crippen LogP contribution is 1.96. The fraction of sp³-hybridized carbons (Fsp3) is 0.500. The lowest BCUT2D eigenvalue weighted by molar-refractivity contribution is -0.128. The molecule has 0 aromatic carbocycles. The van der Waals surface area contributed by atoms with E-state index in [9.17, 15) is 4.79 Å². The van der Waals surface area contributed by atoms with Crippen molar-refractivity contribution in [2.75, 3.05) is 26.7 Å². The van der Waals surface area contributed by atoms with Crippen molar-refractivity contribution in [1.82, 2.24) is 15.2 Å². The molecular weight excluding hydrogens is 202 g/mol. The molecule has 4 nitrogen and oxygen atoms in total. The van der Waals surface area contributed by atoms with Crippen LogP contribution in [0.25, 0.3) is 0 Å². The van der Waals surface area contributed by atoms with E-state index in [1.54, 1.807) is 11.1 Å². The van der Waals surface area contributed by atoms with Gasteiger partial charge in [-0.15, -0.1) is 0 Å². The van der Waals surface area contributed by atoms with Crippen LogP contribution in [0.3, 0.4) is 0 Å². The minimum absolute atomic E-state index is 0.123. The molecule has 1 rings (SSSR count). The number of carbonyl (C=O) groups is 1. The lowest BCUT2D eigenvalue weighted by atomic mass is 10.2. The number of aromatic nitrogens is 1. The SMILES string of the molecule is CCNCC(=O)N(C)CCc1ccccn1. The Balaban J connectivity index is 2.29. The van der Waals surface area contributed by atoms with E-state index in [0.29, 0.717) is 13.1 Å². The standard InChI is InChI=1S/C12H19N3O/c1-3-13-10-12(16)15(2)9-7-11-6-4-5-8-14-11/h4-6,8,13H,3,7,9-10H2,1-2H3. The molecule has 1 N–H and O–H groups in total. The van der Waals surface area contributed by atoms with Gasteiger partial charge in [-0.2, -0.15) is 0 Å². The second-order valence-corrected chi connectivity index (χ2v) is 3.67. The normalized spacial score (nSPS) is 10.1. The quantitative estimate of drug-likeness (QED) is 0.769. The average molecular weight is 221 g/mol. The minimum atomic E-state index is 0.123. The van der Waals surface area contributed by atoms with E-state index < -0.39 is 0 Å². The molecule has 1 aromatic heterocycles. The number of amides is 1. The van der Waals surface area contributed by atoms with Crippen LogP contribution in [-0.2, 0) is 11.2 Å². The number of nitrogens with zero attached hydrogens (tertiary/aromatic N) is 2. The fourth-order valence-corrected chi connectivity index (χ4v) is 1.32. The van der Waals surface area contributed by atoms with Gasteiger partial charge in [-0.1, -0.05) is 13.0 Å². The molecule has 0 aliphatic carbocycles. The Morgan fingerprint density at radius 1 is 1.50 bits per heavy atom. The number of pyridine rings is 1. The van der Waals surface area contributed by atoms with E-state index in [1.807, 2.05) is 32.2 Å². The van der Waals surface area contributed by atoms with Crippen LogP contribution in [0.5, 0.6) is 0 Å². The first kappa shape index (κ1) is 12.6. The molecule has 1 heterocycles. The Hall–Kier alpha value is -1.42. The maximum absolute atomic E-state index is 11.6. The number of hydrogen-bond acceptors (Lipinski definition) is 3. The van der Waals surface area contributed by atoms with Gasteiger partial charge in [-0.25, -0.2) is 0 Å². The van der Waals surface area contributed by atoms with Crippen LogP contribution in [-0.4, -0.2) is 42.5 Å². The van der Waals surface area contributed by atoms with Crippen LogP contribution in [0, 0.1) is 0 Å². The molecular formula is C12H19N3O. The summed E-state index contributed by atoms with van der Waals surface area (Å²) in [5, 5.41) is 3.02. The maximum Gasteiger partial charge on any atom is 0.236 e.